The van der Waals surface area contributed by atoms with E-state index < -0.39 is 0 Å². The zero-order valence-electron chi connectivity index (χ0n) is 7.35. The van der Waals surface area contributed by atoms with Crippen molar-refractivity contribution in [2.24, 2.45) is 23.2 Å². The second-order valence-electron chi connectivity index (χ2n) is 4.83. The molecular weight excluding hydrogens is 120 g/mol. The van der Waals surface area contributed by atoms with Crippen LogP contribution in [0.1, 0.15) is 40.0 Å². The topological polar surface area (TPSA) is 0 Å². The maximum Gasteiger partial charge on any atom is -0.0264 e. The van der Waals surface area contributed by atoms with E-state index in [0.29, 0.717) is 0 Å². The van der Waals surface area contributed by atoms with Crippen LogP contribution in [0.5, 0.6) is 0 Å². The zero-order chi connectivity index (χ0) is 7.35. The summed E-state index contributed by atoms with van der Waals surface area (Å²) in [6.07, 6.45) is 4.58. The van der Waals surface area contributed by atoms with E-state index in [1.807, 2.05) is 0 Å². The first-order valence-corrected chi connectivity index (χ1v) is 4.64. The molecule has 0 heterocycles. The monoisotopic (exact) mass is 138 g/mol. The molecule has 0 heteroatoms. The third-order valence-electron chi connectivity index (χ3n) is 3.94. The Balaban J connectivity index is 2.10. The molecule has 2 aliphatic carbocycles. The minimum atomic E-state index is 0.800. The van der Waals surface area contributed by atoms with E-state index in [4.69, 9.17) is 0 Å². The van der Waals surface area contributed by atoms with E-state index in [9.17, 15) is 0 Å². The van der Waals surface area contributed by atoms with Crippen LogP contribution < -0.4 is 0 Å². The van der Waals surface area contributed by atoms with Gasteiger partial charge in [-0.1, -0.05) is 20.8 Å². The number of hydrogen-bond acceptors (Lipinski definition) is 0. The van der Waals surface area contributed by atoms with Crippen LogP contribution in [0.2, 0.25) is 0 Å². The first-order chi connectivity index (χ1) is 4.64. The van der Waals surface area contributed by atoms with Gasteiger partial charge in [0.1, 0.15) is 0 Å². The number of rotatable bonds is 1. The van der Waals surface area contributed by atoms with E-state index in [1.165, 1.54) is 19.3 Å². The maximum absolute atomic E-state index is 2.50. The molecule has 0 aliphatic heterocycles. The molecule has 0 spiro atoms. The maximum atomic E-state index is 2.50. The van der Waals surface area contributed by atoms with E-state index in [-0.39, 0.29) is 0 Å². The van der Waals surface area contributed by atoms with Gasteiger partial charge < -0.3 is 0 Å². The van der Waals surface area contributed by atoms with Crippen LogP contribution in [0.3, 0.4) is 0 Å². The Morgan fingerprint density at radius 2 is 2.00 bits per heavy atom. The Morgan fingerprint density at radius 1 is 1.30 bits per heavy atom. The smallest absolute Gasteiger partial charge is 0.0264 e. The lowest BCUT2D eigenvalue weighted by Gasteiger charge is -2.22. The summed E-state index contributed by atoms with van der Waals surface area (Å²) >= 11 is 0. The van der Waals surface area contributed by atoms with Crippen molar-refractivity contribution in [2.45, 2.75) is 40.0 Å². The third-order valence-corrected chi connectivity index (χ3v) is 3.94. The molecule has 58 valence electrons. The summed E-state index contributed by atoms with van der Waals surface area (Å²) in [4.78, 5) is 0. The van der Waals surface area contributed by atoms with Gasteiger partial charge in [-0.3, -0.25) is 0 Å². The van der Waals surface area contributed by atoms with Crippen molar-refractivity contribution >= 4 is 0 Å². The molecule has 0 bridgehead atoms. The van der Waals surface area contributed by atoms with Crippen molar-refractivity contribution in [3.05, 3.63) is 0 Å². The first kappa shape index (κ1) is 6.69. The normalized spacial score (nSPS) is 51.6. The molecule has 0 aromatic carbocycles. The Hall–Kier alpha value is 0. The summed E-state index contributed by atoms with van der Waals surface area (Å²) in [6.45, 7) is 7.27. The Morgan fingerprint density at radius 3 is 2.20 bits per heavy atom. The molecule has 2 fully saturated rings. The van der Waals surface area contributed by atoms with Crippen molar-refractivity contribution in [3.63, 3.8) is 0 Å². The van der Waals surface area contributed by atoms with Crippen LogP contribution in [-0.2, 0) is 0 Å². The van der Waals surface area contributed by atoms with Gasteiger partial charge in [0.2, 0.25) is 0 Å². The lowest BCUT2D eigenvalue weighted by Crippen LogP contribution is -2.15. The van der Waals surface area contributed by atoms with E-state index >= 15 is 0 Å². The van der Waals surface area contributed by atoms with Gasteiger partial charge in [0.05, 0.1) is 0 Å². The Kier molecular flexibility index (Phi) is 1.19. The summed E-state index contributed by atoms with van der Waals surface area (Å²) < 4.78 is 0. The highest BCUT2D eigenvalue weighted by molar-refractivity contribution is 5.08. The lowest BCUT2D eigenvalue weighted by atomic mass is 9.83. The van der Waals surface area contributed by atoms with Crippen molar-refractivity contribution in [1.82, 2.24) is 0 Å². The van der Waals surface area contributed by atoms with Gasteiger partial charge in [0, 0.05) is 0 Å². The van der Waals surface area contributed by atoms with Crippen molar-refractivity contribution in [3.8, 4) is 0 Å². The summed E-state index contributed by atoms with van der Waals surface area (Å²) in [6, 6.07) is 0. The van der Waals surface area contributed by atoms with Crippen molar-refractivity contribution in [1.29, 1.82) is 0 Å². The summed E-state index contributed by atoms with van der Waals surface area (Å²) in [5.41, 5.74) is 0.800. The molecule has 2 aliphatic rings. The Labute approximate surface area is 64.0 Å². The molecule has 10 heavy (non-hydrogen) atoms. The molecule has 3 atom stereocenters. The average Bonchev–Trinajstić information content (AvgIpc) is 2.35. The van der Waals surface area contributed by atoms with Gasteiger partial charge in [-0.05, 0) is 42.4 Å². The van der Waals surface area contributed by atoms with E-state index in [1.54, 1.807) is 0 Å². The largest absolute Gasteiger partial charge is 0.0625 e. The molecular formula is C10H18. The first-order valence-electron chi connectivity index (χ1n) is 4.64. The molecule has 0 unspecified atom stereocenters. The molecule has 0 saturated heterocycles. The Bertz CT molecular complexity index is 146. The zero-order valence-corrected chi connectivity index (χ0v) is 7.35. The van der Waals surface area contributed by atoms with E-state index in [2.05, 4.69) is 20.8 Å². The second-order valence-corrected chi connectivity index (χ2v) is 4.83. The fraction of sp³-hybridized carbons (Fsp3) is 1.00. The molecule has 0 amide bonds. The van der Waals surface area contributed by atoms with Crippen LogP contribution in [0, 0.1) is 23.2 Å². The molecule has 0 radical (unpaired) electrons. The van der Waals surface area contributed by atoms with Gasteiger partial charge >= 0.3 is 0 Å². The number of hydrogen-bond donors (Lipinski definition) is 0. The van der Waals surface area contributed by atoms with Gasteiger partial charge in [-0.15, -0.1) is 0 Å². The summed E-state index contributed by atoms with van der Waals surface area (Å²) in [7, 11) is 0. The SMILES string of the molecule is CC(C)[C@@H]1CC[C@@H]2C[C@]21C. The fourth-order valence-electron chi connectivity index (χ4n) is 3.16. The van der Waals surface area contributed by atoms with Gasteiger partial charge in [0.15, 0.2) is 0 Å². The molecule has 0 aromatic rings. The summed E-state index contributed by atoms with van der Waals surface area (Å²) in [5, 5.41) is 0. The minimum absolute atomic E-state index is 0.800. The van der Waals surface area contributed by atoms with E-state index in [0.717, 1.165) is 23.2 Å². The highest BCUT2D eigenvalue weighted by Gasteiger charge is 2.59. The van der Waals surface area contributed by atoms with Crippen molar-refractivity contribution < 1.29 is 0 Å². The molecule has 0 N–H and O–H groups in total. The highest BCUT2D eigenvalue weighted by Crippen LogP contribution is 2.67. The molecule has 0 nitrogen and oxygen atoms in total. The third kappa shape index (κ3) is 0.681. The van der Waals surface area contributed by atoms with Crippen LogP contribution in [0.4, 0.5) is 0 Å². The van der Waals surface area contributed by atoms with Crippen LogP contribution in [0.15, 0.2) is 0 Å². The van der Waals surface area contributed by atoms with Crippen LogP contribution >= 0.6 is 0 Å². The number of fused-ring (bicyclic) bond motifs is 1. The molecule has 2 saturated carbocycles. The highest BCUT2D eigenvalue weighted by atomic mass is 14.6. The quantitative estimate of drug-likeness (QED) is 0.522. The average molecular weight is 138 g/mol. The van der Waals surface area contributed by atoms with Crippen molar-refractivity contribution in [2.75, 3.05) is 0 Å². The predicted octanol–water partition coefficient (Wildman–Crippen LogP) is 3.08. The van der Waals surface area contributed by atoms with Gasteiger partial charge in [-0.2, -0.15) is 0 Å². The fourth-order valence-corrected chi connectivity index (χ4v) is 3.16. The van der Waals surface area contributed by atoms with Gasteiger partial charge in [0.25, 0.3) is 0 Å². The van der Waals surface area contributed by atoms with Crippen LogP contribution in [-0.4, -0.2) is 0 Å². The van der Waals surface area contributed by atoms with Gasteiger partial charge in [-0.25, -0.2) is 0 Å². The molecule has 2 rings (SSSR count). The molecule has 0 aromatic heterocycles. The standard InChI is InChI=1S/C10H18/c1-7(2)9-5-4-8-6-10(8,9)3/h7-9H,4-6H2,1-3H3/t8-,9+,10-/m1/s1. The minimum Gasteiger partial charge on any atom is -0.0625 e. The predicted molar refractivity (Wildman–Crippen MR) is 43.8 cm³/mol. The summed E-state index contributed by atoms with van der Waals surface area (Å²) in [5.74, 6) is 3.11. The van der Waals surface area contributed by atoms with Crippen LogP contribution in [0.25, 0.3) is 0 Å². The second kappa shape index (κ2) is 1.78. The lowest BCUT2D eigenvalue weighted by molar-refractivity contribution is 0.267.